The molecular weight excluding hydrogens is 600 g/mol. The Morgan fingerprint density at radius 2 is 1.28 bits per heavy atom. The van der Waals surface area contributed by atoms with E-state index in [0.29, 0.717) is 68.0 Å². The van der Waals surface area contributed by atoms with Crippen molar-refractivity contribution in [2.75, 3.05) is 52.9 Å². The van der Waals surface area contributed by atoms with Gasteiger partial charge in [0.1, 0.15) is 31.7 Å². The van der Waals surface area contributed by atoms with E-state index in [1.54, 1.807) is 0 Å². The molecule has 1 aliphatic heterocycles. The minimum Gasteiger partial charge on any atom is -0.491 e. The van der Waals surface area contributed by atoms with Crippen LogP contribution in [0.2, 0.25) is 0 Å². The first-order valence-corrected chi connectivity index (χ1v) is 16.2. The summed E-state index contributed by atoms with van der Waals surface area (Å²) in [5.41, 5.74) is 3.31. The van der Waals surface area contributed by atoms with Gasteiger partial charge in [0.15, 0.2) is 11.5 Å². The van der Waals surface area contributed by atoms with E-state index in [-0.39, 0.29) is 42.8 Å². The highest BCUT2D eigenvalue weighted by atomic mass is 16.6. The number of para-hydroxylation sites is 2. The van der Waals surface area contributed by atoms with Gasteiger partial charge < -0.3 is 38.3 Å². The van der Waals surface area contributed by atoms with Gasteiger partial charge in [0.2, 0.25) is 0 Å². The molecule has 1 atom stereocenters. The molecular formula is C38H50O9. The van der Waals surface area contributed by atoms with E-state index in [1.165, 1.54) is 5.56 Å². The van der Waals surface area contributed by atoms with Crippen LogP contribution in [0.1, 0.15) is 74.2 Å². The van der Waals surface area contributed by atoms with Crippen molar-refractivity contribution in [3.05, 3.63) is 88.5 Å². The fraction of sp³-hybridized carbons (Fsp3) is 0.500. The maximum Gasteiger partial charge on any atom is 0.336 e. The Labute approximate surface area is 279 Å². The fourth-order valence-corrected chi connectivity index (χ4v) is 5.00. The van der Waals surface area contributed by atoms with E-state index in [2.05, 4.69) is 53.7 Å². The van der Waals surface area contributed by atoms with Crippen LogP contribution >= 0.6 is 0 Å². The molecule has 0 fully saturated rings. The van der Waals surface area contributed by atoms with Crippen LogP contribution in [0.5, 0.6) is 17.2 Å². The summed E-state index contributed by atoms with van der Waals surface area (Å²) in [5, 5.41) is 10.3. The predicted molar refractivity (Wildman–Crippen MR) is 180 cm³/mol. The van der Waals surface area contributed by atoms with E-state index in [9.17, 15) is 9.90 Å². The van der Waals surface area contributed by atoms with Gasteiger partial charge in [-0.2, -0.15) is 0 Å². The number of aromatic carboxylic acids is 1. The minimum atomic E-state index is -1.04. The molecule has 256 valence electrons. The van der Waals surface area contributed by atoms with Crippen molar-refractivity contribution in [2.45, 2.75) is 71.7 Å². The number of ether oxygens (including phenoxy) is 7. The Morgan fingerprint density at radius 1 is 0.723 bits per heavy atom. The van der Waals surface area contributed by atoms with Crippen LogP contribution in [0.3, 0.4) is 0 Å². The van der Waals surface area contributed by atoms with Crippen molar-refractivity contribution >= 4 is 5.97 Å². The Hall–Kier alpha value is -3.63. The first-order chi connectivity index (χ1) is 22.4. The quantitative estimate of drug-likeness (QED) is 0.321. The summed E-state index contributed by atoms with van der Waals surface area (Å²) in [6.07, 6.45) is -0.542. The molecule has 1 aliphatic rings. The molecule has 3 aromatic carbocycles. The summed E-state index contributed by atoms with van der Waals surface area (Å²) in [6, 6.07) is 19.3. The zero-order valence-corrected chi connectivity index (χ0v) is 28.6. The second kappa shape index (κ2) is 17.0. The number of benzene rings is 3. The smallest absolute Gasteiger partial charge is 0.336 e. The first kappa shape index (κ1) is 36.2. The molecule has 1 unspecified atom stereocenters. The lowest BCUT2D eigenvalue weighted by atomic mass is 9.83. The largest absolute Gasteiger partial charge is 0.491 e. The standard InChI is InChI=1S/C38H50O9/c1-37(2,3)29-11-13-31(14-12-29)46-25-32-26-47-34-10-8-7-9-33(34)44-20-19-42-16-15-41-17-18-43-23-27-21-30(38(4,5)6)22-28(24-45-32)35(27)36(39)40/h7-14,21-22,32H,15-20,23-26H2,1-6H3,(H,39,40). The van der Waals surface area contributed by atoms with Crippen molar-refractivity contribution in [3.63, 3.8) is 0 Å². The average molecular weight is 651 g/mol. The Balaban J connectivity index is 1.62. The van der Waals surface area contributed by atoms with Gasteiger partial charge in [-0.05, 0) is 57.3 Å². The van der Waals surface area contributed by atoms with Gasteiger partial charge in [-0.25, -0.2) is 4.79 Å². The molecule has 1 N–H and O–H groups in total. The predicted octanol–water partition coefficient (Wildman–Crippen LogP) is 6.97. The molecule has 9 heteroatoms. The van der Waals surface area contributed by atoms with Crippen molar-refractivity contribution in [2.24, 2.45) is 0 Å². The van der Waals surface area contributed by atoms with Crippen LogP contribution in [-0.2, 0) is 43.0 Å². The number of fused-ring (bicyclic) bond motifs is 3. The third-order valence-electron chi connectivity index (χ3n) is 7.77. The van der Waals surface area contributed by atoms with Crippen LogP contribution in [-0.4, -0.2) is 70.0 Å². The minimum absolute atomic E-state index is 0.0247. The van der Waals surface area contributed by atoms with Crippen molar-refractivity contribution < 1.29 is 43.1 Å². The molecule has 3 aromatic rings. The summed E-state index contributed by atoms with van der Waals surface area (Å²) in [5.74, 6) is 0.814. The van der Waals surface area contributed by atoms with Gasteiger partial charge >= 0.3 is 5.97 Å². The third-order valence-corrected chi connectivity index (χ3v) is 7.77. The normalized spacial score (nSPS) is 17.7. The Bertz CT molecular complexity index is 1420. The molecule has 0 spiro atoms. The zero-order chi connectivity index (χ0) is 33.9. The maximum absolute atomic E-state index is 12.6. The van der Waals surface area contributed by atoms with Crippen molar-refractivity contribution in [1.29, 1.82) is 0 Å². The van der Waals surface area contributed by atoms with E-state index < -0.39 is 12.1 Å². The average Bonchev–Trinajstić information content (AvgIpc) is 3.02. The molecule has 0 aromatic heterocycles. The number of hydrogen-bond donors (Lipinski definition) is 1. The van der Waals surface area contributed by atoms with Crippen LogP contribution in [0, 0.1) is 0 Å². The lowest BCUT2D eigenvalue weighted by molar-refractivity contribution is -0.0177. The Morgan fingerprint density at radius 3 is 1.87 bits per heavy atom. The molecule has 1 heterocycles. The highest BCUT2D eigenvalue weighted by molar-refractivity contribution is 5.91. The van der Waals surface area contributed by atoms with Gasteiger partial charge in [-0.1, -0.05) is 77.9 Å². The molecule has 0 saturated carbocycles. The number of carbonyl (C=O) groups is 1. The topological polar surface area (TPSA) is 102 Å². The molecule has 47 heavy (non-hydrogen) atoms. The monoisotopic (exact) mass is 650 g/mol. The van der Waals surface area contributed by atoms with Gasteiger partial charge in [0.25, 0.3) is 0 Å². The van der Waals surface area contributed by atoms with E-state index >= 15 is 0 Å². The van der Waals surface area contributed by atoms with Crippen molar-refractivity contribution in [1.82, 2.24) is 0 Å². The van der Waals surface area contributed by atoms with E-state index in [4.69, 9.17) is 33.2 Å². The fourth-order valence-electron chi connectivity index (χ4n) is 5.00. The molecule has 0 amide bonds. The lowest BCUT2D eigenvalue weighted by Crippen LogP contribution is -2.29. The summed E-state index contributed by atoms with van der Waals surface area (Å²) in [4.78, 5) is 12.6. The number of hydrogen-bond acceptors (Lipinski definition) is 8. The summed E-state index contributed by atoms with van der Waals surface area (Å²) in [6.45, 7) is 15.5. The van der Waals surface area contributed by atoms with Gasteiger partial charge in [-0.3, -0.25) is 0 Å². The maximum atomic E-state index is 12.6. The number of carboxylic acids is 1. The second-order valence-electron chi connectivity index (χ2n) is 13.6. The molecule has 0 aliphatic carbocycles. The third kappa shape index (κ3) is 11.2. The SMILES string of the molecule is CC(C)(C)c1ccc(OCC2COc3ccccc3OCCOCCOCCOCc3cc(C(C)(C)C)cc(c3C(=O)O)CO2)cc1. The van der Waals surface area contributed by atoms with E-state index in [1.807, 2.05) is 48.5 Å². The molecule has 9 nitrogen and oxygen atoms in total. The Kier molecular flexibility index (Phi) is 13.1. The summed E-state index contributed by atoms with van der Waals surface area (Å²) in [7, 11) is 0. The van der Waals surface area contributed by atoms with Crippen LogP contribution < -0.4 is 14.2 Å². The zero-order valence-electron chi connectivity index (χ0n) is 28.6. The van der Waals surface area contributed by atoms with Crippen LogP contribution in [0.4, 0.5) is 0 Å². The first-order valence-electron chi connectivity index (χ1n) is 16.2. The summed E-state index contributed by atoms with van der Waals surface area (Å²) >= 11 is 0. The highest BCUT2D eigenvalue weighted by Gasteiger charge is 2.24. The number of rotatable bonds is 4. The van der Waals surface area contributed by atoms with Gasteiger partial charge in [0.05, 0.1) is 51.8 Å². The van der Waals surface area contributed by atoms with E-state index in [0.717, 1.165) is 5.56 Å². The molecule has 0 saturated heterocycles. The lowest BCUT2D eigenvalue weighted by Gasteiger charge is -2.25. The molecule has 0 radical (unpaired) electrons. The number of carboxylic acid groups (broad SMARTS) is 1. The second-order valence-corrected chi connectivity index (χ2v) is 13.6. The molecule has 2 bridgehead atoms. The van der Waals surface area contributed by atoms with Crippen LogP contribution in [0.15, 0.2) is 60.7 Å². The highest BCUT2D eigenvalue weighted by Crippen LogP contribution is 2.30. The van der Waals surface area contributed by atoms with Gasteiger partial charge in [-0.15, -0.1) is 0 Å². The molecule has 4 rings (SSSR count). The summed E-state index contributed by atoms with van der Waals surface area (Å²) < 4.78 is 41.9. The van der Waals surface area contributed by atoms with Crippen LogP contribution in [0.25, 0.3) is 0 Å². The van der Waals surface area contributed by atoms with Gasteiger partial charge in [0, 0.05) is 0 Å². The van der Waals surface area contributed by atoms with Crippen molar-refractivity contribution in [3.8, 4) is 17.2 Å².